The minimum Gasteiger partial charge on any atom is -0.494 e. The highest BCUT2D eigenvalue weighted by Crippen LogP contribution is 2.26. The van der Waals surface area contributed by atoms with Crippen LogP contribution in [0.25, 0.3) is 0 Å². The van der Waals surface area contributed by atoms with E-state index in [9.17, 15) is 4.79 Å². The summed E-state index contributed by atoms with van der Waals surface area (Å²) >= 11 is 0. The summed E-state index contributed by atoms with van der Waals surface area (Å²) < 4.78 is 11.0. The number of nitrogens with zero attached hydrogens (tertiary/aromatic N) is 1. The molecule has 0 N–H and O–H groups in total. The van der Waals surface area contributed by atoms with E-state index >= 15 is 0 Å². The van der Waals surface area contributed by atoms with Gasteiger partial charge < -0.3 is 14.4 Å². The summed E-state index contributed by atoms with van der Waals surface area (Å²) in [6, 6.07) is 5.36. The molecule has 0 aliphatic heterocycles. The molecular weight excluding hydrogens is 242 g/mol. The van der Waals surface area contributed by atoms with Gasteiger partial charge in [0.05, 0.1) is 18.8 Å². The van der Waals surface area contributed by atoms with Gasteiger partial charge in [-0.05, 0) is 39.8 Å². The van der Waals surface area contributed by atoms with Crippen LogP contribution in [0.4, 0.5) is 0 Å². The number of ether oxygens (including phenoxy) is 2. The molecule has 4 nitrogen and oxygen atoms in total. The molecule has 0 heterocycles. The van der Waals surface area contributed by atoms with Gasteiger partial charge in [0.1, 0.15) is 11.5 Å². The number of carbonyl (C=O) groups excluding carboxylic acids is 1. The third-order valence-electron chi connectivity index (χ3n) is 2.84. The molecule has 0 radical (unpaired) electrons. The lowest BCUT2D eigenvalue weighted by molar-refractivity contribution is 0.0769. The van der Waals surface area contributed by atoms with Crippen molar-refractivity contribution in [2.75, 3.05) is 26.3 Å². The predicted molar refractivity (Wildman–Crippen MR) is 76.0 cm³/mol. The van der Waals surface area contributed by atoms with E-state index in [1.54, 1.807) is 17.0 Å². The van der Waals surface area contributed by atoms with Crippen LogP contribution in [0.3, 0.4) is 0 Å². The minimum atomic E-state index is -0.00324. The molecule has 1 aromatic carbocycles. The van der Waals surface area contributed by atoms with Crippen molar-refractivity contribution in [2.45, 2.75) is 27.7 Å². The highest BCUT2D eigenvalue weighted by molar-refractivity contribution is 5.97. The van der Waals surface area contributed by atoms with E-state index in [4.69, 9.17) is 9.47 Å². The SMILES string of the molecule is CCOc1ccc(C(=O)N(CC)CC)c(OCC)c1. The maximum absolute atomic E-state index is 12.4. The average Bonchev–Trinajstić information content (AvgIpc) is 2.41. The Kier molecular flexibility index (Phi) is 6.19. The zero-order valence-corrected chi connectivity index (χ0v) is 12.2. The summed E-state index contributed by atoms with van der Waals surface area (Å²) in [6.45, 7) is 10.3. The standard InChI is InChI=1S/C15H23NO3/c1-5-16(6-2)15(17)13-10-9-12(18-7-3)11-14(13)19-8-4/h9-11H,5-8H2,1-4H3. The van der Waals surface area contributed by atoms with E-state index in [0.29, 0.717) is 37.6 Å². The van der Waals surface area contributed by atoms with Crippen LogP contribution in [0.15, 0.2) is 18.2 Å². The first-order chi connectivity index (χ1) is 9.17. The summed E-state index contributed by atoms with van der Waals surface area (Å²) in [5.74, 6) is 1.31. The maximum Gasteiger partial charge on any atom is 0.257 e. The lowest BCUT2D eigenvalue weighted by Gasteiger charge is -2.20. The van der Waals surface area contributed by atoms with Crippen molar-refractivity contribution in [3.63, 3.8) is 0 Å². The molecule has 4 heteroatoms. The molecular formula is C15H23NO3. The number of amides is 1. The summed E-state index contributed by atoms with van der Waals surface area (Å²) in [5.41, 5.74) is 0.592. The van der Waals surface area contributed by atoms with Crippen molar-refractivity contribution >= 4 is 5.91 Å². The highest BCUT2D eigenvalue weighted by atomic mass is 16.5. The van der Waals surface area contributed by atoms with Crippen molar-refractivity contribution < 1.29 is 14.3 Å². The molecule has 0 aliphatic carbocycles. The monoisotopic (exact) mass is 265 g/mol. The summed E-state index contributed by atoms with van der Waals surface area (Å²) in [7, 11) is 0. The summed E-state index contributed by atoms with van der Waals surface area (Å²) in [5, 5.41) is 0. The molecule has 0 aromatic heterocycles. The Bertz CT molecular complexity index is 414. The maximum atomic E-state index is 12.4. The normalized spacial score (nSPS) is 10.1. The number of carbonyl (C=O) groups is 1. The smallest absolute Gasteiger partial charge is 0.257 e. The van der Waals surface area contributed by atoms with Crippen molar-refractivity contribution in [3.05, 3.63) is 23.8 Å². The highest BCUT2D eigenvalue weighted by Gasteiger charge is 2.18. The van der Waals surface area contributed by atoms with E-state index < -0.39 is 0 Å². The first kappa shape index (κ1) is 15.3. The second-order valence-corrected chi connectivity index (χ2v) is 4.00. The molecule has 0 spiro atoms. The molecule has 0 unspecified atom stereocenters. The van der Waals surface area contributed by atoms with Crippen molar-refractivity contribution in [3.8, 4) is 11.5 Å². The largest absolute Gasteiger partial charge is 0.494 e. The molecule has 1 rings (SSSR count). The number of hydrogen-bond donors (Lipinski definition) is 0. The summed E-state index contributed by atoms with van der Waals surface area (Å²) in [4.78, 5) is 14.2. The van der Waals surface area contributed by atoms with E-state index in [0.717, 1.165) is 5.75 Å². The Balaban J connectivity index is 3.07. The number of benzene rings is 1. The molecule has 19 heavy (non-hydrogen) atoms. The van der Waals surface area contributed by atoms with Crippen LogP contribution in [0, 0.1) is 0 Å². The second kappa shape index (κ2) is 7.67. The van der Waals surface area contributed by atoms with Gasteiger partial charge in [-0.1, -0.05) is 0 Å². The van der Waals surface area contributed by atoms with E-state index in [-0.39, 0.29) is 5.91 Å². The van der Waals surface area contributed by atoms with Gasteiger partial charge in [0.15, 0.2) is 0 Å². The molecule has 0 aliphatic rings. The third-order valence-corrected chi connectivity index (χ3v) is 2.84. The van der Waals surface area contributed by atoms with Crippen molar-refractivity contribution in [1.82, 2.24) is 4.90 Å². The fourth-order valence-corrected chi connectivity index (χ4v) is 1.89. The van der Waals surface area contributed by atoms with Gasteiger partial charge in [-0.3, -0.25) is 4.79 Å². The Morgan fingerprint density at radius 2 is 1.68 bits per heavy atom. The van der Waals surface area contributed by atoms with Crippen LogP contribution < -0.4 is 9.47 Å². The number of rotatable bonds is 7. The fourth-order valence-electron chi connectivity index (χ4n) is 1.89. The van der Waals surface area contributed by atoms with Gasteiger partial charge >= 0.3 is 0 Å². The Labute approximate surface area is 115 Å². The average molecular weight is 265 g/mol. The topological polar surface area (TPSA) is 38.8 Å². The van der Waals surface area contributed by atoms with Crippen LogP contribution in [-0.2, 0) is 0 Å². The first-order valence-corrected chi connectivity index (χ1v) is 6.86. The van der Waals surface area contributed by atoms with Gasteiger partial charge in [-0.25, -0.2) is 0 Å². The minimum absolute atomic E-state index is 0.00324. The van der Waals surface area contributed by atoms with Crippen molar-refractivity contribution in [1.29, 1.82) is 0 Å². The van der Waals surface area contributed by atoms with Crippen LogP contribution in [0.2, 0.25) is 0 Å². The van der Waals surface area contributed by atoms with Crippen LogP contribution in [-0.4, -0.2) is 37.1 Å². The lowest BCUT2D eigenvalue weighted by atomic mass is 10.1. The molecule has 0 bridgehead atoms. The van der Waals surface area contributed by atoms with Gasteiger partial charge in [-0.15, -0.1) is 0 Å². The fraction of sp³-hybridized carbons (Fsp3) is 0.533. The van der Waals surface area contributed by atoms with E-state index in [1.165, 1.54) is 0 Å². The van der Waals surface area contributed by atoms with Gasteiger partial charge in [0.25, 0.3) is 5.91 Å². The molecule has 0 saturated carbocycles. The zero-order chi connectivity index (χ0) is 14.3. The van der Waals surface area contributed by atoms with Crippen LogP contribution in [0.5, 0.6) is 11.5 Å². The molecule has 1 amide bonds. The molecule has 106 valence electrons. The first-order valence-electron chi connectivity index (χ1n) is 6.86. The Morgan fingerprint density at radius 3 is 2.21 bits per heavy atom. The summed E-state index contributed by atoms with van der Waals surface area (Å²) in [6.07, 6.45) is 0. The van der Waals surface area contributed by atoms with Gasteiger partial charge in [0.2, 0.25) is 0 Å². The van der Waals surface area contributed by atoms with E-state index in [2.05, 4.69) is 0 Å². The second-order valence-electron chi connectivity index (χ2n) is 4.00. The molecule has 0 saturated heterocycles. The predicted octanol–water partition coefficient (Wildman–Crippen LogP) is 2.97. The van der Waals surface area contributed by atoms with Gasteiger partial charge in [0, 0.05) is 19.2 Å². The quantitative estimate of drug-likeness (QED) is 0.761. The van der Waals surface area contributed by atoms with Crippen LogP contribution >= 0.6 is 0 Å². The Hall–Kier alpha value is -1.71. The van der Waals surface area contributed by atoms with E-state index in [1.807, 2.05) is 33.8 Å². The number of hydrogen-bond acceptors (Lipinski definition) is 3. The van der Waals surface area contributed by atoms with Gasteiger partial charge in [-0.2, -0.15) is 0 Å². The van der Waals surface area contributed by atoms with Crippen molar-refractivity contribution in [2.24, 2.45) is 0 Å². The third kappa shape index (κ3) is 3.88. The molecule has 0 fully saturated rings. The molecule has 1 aromatic rings. The Morgan fingerprint density at radius 1 is 1.05 bits per heavy atom. The van der Waals surface area contributed by atoms with Crippen LogP contribution in [0.1, 0.15) is 38.1 Å². The molecule has 0 atom stereocenters. The lowest BCUT2D eigenvalue weighted by Crippen LogP contribution is -2.30. The zero-order valence-electron chi connectivity index (χ0n) is 12.2.